The standard InChI is InChI=1S/C14H22N2O/c1-3-4-5-6-14(17)16(2)13-9-11-7-8-12(10-13)15-11/h3-6,11-13,15H,7-10H2,1-2H3/b4-3+,6-5+. The number of likely N-dealkylation sites (N-methyl/N-ethyl adjacent to an activating group) is 1. The molecule has 1 amide bonds. The van der Waals surface area contributed by atoms with E-state index in [9.17, 15) is 4.79 Å². The highest BCUT2D eigenvalue weighted by Crippen LogP contribution is 2.29. The molecule has 2 unspecified atom stereocenters. The van der Waals surface area contributed by atoms with Gasteiger partial charge in [0, 0.05) is 31.2 Å². The fourth-order valence-corrected chi connectivity index (χ4v) is 2.89. The van der Waals surface area contributed by atoms with Crippen LogP contribution >= 0.6 is 0 Å². The number of fused-ring (bicyclic) bond motifs is 2. The summed E-state index contributed by atoms with van der Waals surface area (Å²) in [7, 11) is 1.93. The Balaban J connectivity index is 1.91. The van der Waals surface area contributed by atoms with E-state index >= 15 is 0 Å². The maximum Gasteiger partial charge on any atom is 0.246 e. The van der Waals surface area contributed by atoms with Crippen molar-refractivity contribution >= 4 is 5.91 Å². The van der Waals surface area contributed by atoms with E-state index in [-0.39, 0.29) is 5.91 Å². The van der Waals surface area contributed by atoms with Crippen molar-refractivity contribution in [1.29, 1.82) is 0 Å². The van der Waals surface area contributed by atoms with Gasteiger partial charge in [-0.25, -0.2) is 0 Å². The largest absolute Gasteiger partial charge is 0.339 e. The summed E-state index contributed by atoms with van der Waals surface area (Å²) >= 11 is 0. The highest BCUT2D eigenvalue weighted by atomic mass is 16.2. The molecule has 0 aromatic heterocycles. The molecule has 0 aliphatic carbocycles. The number of carbonyl (C=O) groups excluding carboxylic acids is 1. The number of nitrogens with zero attached hydrogens (tertiary/aromatic N) is 1. The summed E-state index contributed by atoms with van der Waals surface area (Å²) in [6.45, 7) is 1.95. The molecule has 2 atom stereocenters. The lowest BCUT2D eigenvalue weighted by molar-refractivity contribution is -0.127. The first-order chi connectivity index (χ1) is 8.20. The van der Waals surface area contributed by atoms with Crippen molar-refractivity contribution in [3.63, 3.8) is 0 Å². The van der Waals surface area contributed by atoms with Crippen LogP contribution in [0, 0.1) is 0 Å². The van der Waals surface area contributed by atoms with E-state index in [4.69, 9.17) is 0 Å². The van der Waals surface area contributed by atoms with Crippen LogP contribution < -0.4 is 5.32 Å². The topological polar surface area (TPSA) is 32.3 Å². The van der Waals surface area contributed by atoms with Crippen LogP contribution in [0.4, 0.5) is 0 Å². The van der Waals surface area contributed by atoms with Crippen molar-refractivity contribution in [2.45, 2.75) is 50.7 Å². The molecule has 1 N–H and O–H groups in total. The zero-order chi connectivity index (χ0) is 12.3. The lowest BCUT2D eigenvalue weighted by Gasteiger charge is -2.35. The van der Waals surface area contributed by atoms with Crippen molar-refractivity contribution in [2.75, 3.05) is 7.05 Å². The summed E-state index contributed by atoms with van der Waals surface area (Å²) in [6, 6.07) is 1.68. The molecular formula is C14H22N2O. The van der Waals surface area contributed by atoms with Crippen LogP contribution in [-0.2, 0) is 4.79 Å². The zero-order valence-corrected chi connectivity index (χ0v) is 10.7. The molecule has 2 bridgehead atoms. The van der Waals surface area contributed by atoms with Gasteiger partial charge in [0.1, 0.15) is 0 Å². The quantitative estimate of drug-likeness (QED) is 0.597. The number of allylic oxidation sites excluding steroid dienone is 3. The first-order valence-electron chi connectivity index (χ1n) is 6.53. The molecule has 2 heterocycles. The third kappa shape index (κ3) is 2.97. The van der Waals surface area contributed by atoms with E-state index in [0.717, 1.165) is 12.8 Å². The molecule has 2 aliphatic heterocycles. The molecule has 0 aromatic rings. The number of piperidine rings is 1. The Bertz CT molecular complexity index is 323. The molecule has 3 nitrogen and oxygen atoms in total. The highest BCUT2D eigenvalue weighted by molar-refractivity contribution is 5.87. The number of hydrogen-bond acceptors (Lipinski definition) is 2. The van der Waals surface area contributed by atoms with Crippen LogP contribution in [0.3, 0.4) is 0 Å². The first kappa shape index (κ1) is 12.4. The molecular weight excluding hydrogens is 212 g/mol. The Hall–Kier alpha value is -1.09. The summed E-state index contributed by atoms with van der Waals surface area (Å²) in [6.07, 6.45) is 12.0. The van der Waals surface area contributed by atoms with Crippen LogP contribution in [0.15, 0.2) is 24.3 Å². The van der Waals surface area contributed by atoms with Gasteiger partial charge in [0.05, 0.1) is 0 Å². The van der Waals surface area contributed by atoms with Crippen LogP contribution in [0.5, 0.6) is 0 Å². The van der Waals surface area contributed by atoms with Gasteiger partial charge in [-0.15, -0.1) is 0 Å². The lowest BCUT2D eigenvalue weighted by atomic mass is 9.98. The van der Waals surface area contributed by atoms with Crippen LogP contribution in [0.1, 0.15) is 32.6 Å². The van der Waals surface area contributed by atoms with E-state index in [1.807, 2.05) is 37.1 Å². The Morgan fingerprint density at radius 2 is 1.88 bits per heavy atom. The van der Waals surface area contributed by atoms with Gasteiger partial charge >= 0.3 is 0 Å². The fourth-order valence-electron chi connectivity index (χ4n) is 2.89. The van der Waals surface area contributed by atoms with Gasteiger partial charge in [-0.3, -0.25) is 4.79 Å². The van der Waals surface area contributed by atoms with E-state index in [1.54, 1.807) is 6.08 Å². The highest BCUT2D eigenvalue weighted by Gasteiger charge is 2.35. The molecule has 0 radical (unpaired) electrons. The van der Waals surface area contributed by atoms with Crippen molar-refractivity contribution in [1.82, 2.24) is 10.2 Å². The maximum absolute atomic E-state index is 11.9. The molecule has 3 heteroatoms. The van der Waals surface area contributed by atoms with E-state index in [0.29, 0.717) is 18.1 Å². The third-order valence-corrected chi connectivity index (χ3v) is 3.89. The second kappa shape index (κ2) is 5.50. The molecule has 2 rings (SSSR count). The maximum atomic E-state index is 11.9. The minimum Gasteiger partial charge on any atom is -0.339 e. The van der Waals surface area contributed by atoms with Crippen molar-refractivity contribution in [3.8, 4) is 0 Å². The molecule has 0 spiro atoms. The van der Waals surface area contributed by atoms with Crippen molar-refractivity contribution in [3.05, 3.63) is 24.3 Å². The second-order valence-electron chi connectivity index (χ2n) is 5.10. The number of nitrogens with one attached hydrogen (secondary N) is 1. The molecule has 2 fully saturated rings. The van der Waals surface area contributed by atoms with E-state index in [1.165, 1.54) is 12.8 Å². The van der Waals surface area contributed by atoms with Gasteiger partial charge in [0.2, 0.25) is 5.91 Å². The van der Waals surface area contributed by atoms with Gasteiger partial charge in [-0.2, -0.15) is 0 Å². The second-order valence-corrected chi connectivity index (χ2v) is 5.10. The Labute approximate surface area is 104 Å². The predicted molar refractivity (Wildman–Crippen MR) is 69.7 cm³/mol. The van der Waals surface area contributed by atoms with Crippen LogP contribution in [0.2, 0.25) is 0 Å². The SMILES string of the molecule is C/C=C/C=C/C(=O)N(C)C1CC2CCC(C1)N2. The molecule has 0 aromatic carbocycles. The summed E-state index contributed by atoms with van der Waals surface area (Å²) in [4.78, 5) is 13.8. The molecule has 94 valence electrons. The fraction of sp³-hybridized carbons (Fsp3) is 0.643. The summed E-state index contributed by atoms with van der Waals surface area (Å²) in [5.41, 5.74) is 0. The van der Waals surface area contributed by atoms with Gasteiger partial charge in [0.15, 0.2) is 0 Å². The summed E-state index contributed by atoms with van der Waals surface area (Å²) in [5, 5.41) is 3.60. The number of amides is 1. The summed E-state index contributed by atoms with van der Waals surface area (Å²) in [5.74, 6) is 0.120. The third-order valence-electron chi connectivity index (χ3n) is 3.89. The molecule has 2 saturated heterocycles. The summed E-state index contributed by atoms with van der Waals surface area (Å²) < 4.78 is 0. The van der Waals surface area contributed by atoms with Crippen molar-refractivity contribution < 1.29 is 4.79 Å². The molecule has 2 aliphatic rings. The number of hydrogen-bond donors (Lipinski definition) is 1. The minimum atomic E-state index is 0.120. The Kier molecular flexibility index (Phi) is 4.00. The zero-order valence-electron chi connectivity index (χ0n) is 10.7. The van der Waals surface area contributed by atoms with Crippen LogP contribution in [0.25, 0.3) is 0 Å². The van der Waals surface area contributed by atoms with Gasteiger partial charge in [0.25, 0.3) is 0 Å². The first-order valence-corrected chi connectivity index (χ1v) is 6.53. The monoisotopic (exact) mass is 234 g/mol. The average molecular weight is 234 g/mol. The van der Waals surface area contributed by atoms with Crippen LogP contribution in [-0.4, -0.2) is 36.0 Å². The smallest absolute Gasteiger partial charge is 0.246 e. The lowest BCUT2D eigenvalue weighted by Crippen LogP contribution is -2.48. The predicted octanol–water partition coefficient (Wildman–Crippen LogP) is 1.86. The Morgan fingerprint density at radius 3 is 2.47 bits per heavy atom. The minimum absolute atomic E-state index is 0.120. The van der Waals surface area contributed by atoms with Gasteiger partial charge in [-0.05, 0) is 32.6 Å². The van der Waals surface area contributed by atoms with Crippen molar-refractivity contribution in [2.24, 2.45) is 0 Å². The average Bonchev–Trinajstić information content (AvgIpc) is 2.67. The van der Waals surface area contributed by atoms with Gasteiger partial charge in [-0.1, -0.05) is 18.2 Å². The van der Waals surface area contributed by atoms with E-state index in [2.05, 4.69) is 5.32 Å². The molecule has 0 saturated carbocycles. The number of carbonyl (C=O) groups is 1. The normalized spacial score (nSPS) is 32.5. The van der Waals surface area contributed by atoms with Gasteiger partial charge < -0.3 is 10.2 Å². The number of rotatable bonds is 3. The van der Waals surface area contributed by atoms with E-state index < -0.39 is 0 Å². The molecule has 17 heavy (non-hydrogen) atoms. The Morgan fingerprint density at radius 1 is 1.24 bits per heavy atom.